The van der Waals surface area contributed by atoms with Crippen molar-refractivity contribution >= 4 is 10.9 Å². The maximum atomic E-state index is 12.4. The van der Waals surface area contributed by atoms with Gasteiger partial charge in [-0.15, -0.1) is 0 Å². The van der Waals surface area contributed by atoms with Crippen LogP contribution in [0, 0.1) is 0 Å². The topological polar surface area (TPSA) is 68.1 Å². The van der Waals surface area contributed by atoms with Crippen LogP contribution >= 0.6 is 0 Å². The highest BCUT2D eigenvalue weighted by atomic mass is 16.5. The number of hydrogen-bond acceptors (Lipinski definition) is 4. The zero-order valence-electron chi connectivity index (χ0n) is 14.4. The van der Waals surface area contributed by atoms with Crippen molar-refractivity contribution in [2.45, 2.75) is 26.1 Å². The Kier molecular flexibility index (Phi) is 4.42. The number of aromatic amines is 1. The number of rotatable bonds is 5. The second-order valence-corrected chi connectivity index (χ2v) is 6.49. The van der Waals surface area contributed by atoms with Gasteiger partial charge in [0.25, 0.3) is 0 Å². The van der Waals surface area contributed by atoms with Crippen molar-refractivity contribution in [2.75, 3.05) is 26.8 Å². The smallest absolute Gasteiger partial charge is 0.346 e. The standard InChI is InChI=1S/C18H23N5O2/c1-25-11-10-23-18(24)22-9-8-21(7-5-17(22)20-23)13-14-2-3-15-4-6-19-16(15)12-14/h2-4,6,12,19H,5,7-11,13H2,1H3. The maximum absolute atomic E-state index is 12.4. The third-order valence-electron chi connectivity index (χ3n) is 4.82. The predicted octanol–water partition coefficient (Wildman–Crippen LogP) is 1.23. The molecule has 1 N–H and O–H groups in total. The molecule has 4 rings (SSSR count). The minimum absolute atomic E-state index is 0.0262. The summed E-state index contributed by atoms with van der Waals surface area (Å²) in [5.41, 5.74) is 2.43. The lowest BCUT2D eigenvalue weighted by Crippen LogP contribution is -2.31. The maximum Gasteiger partial charge on any atom is 0.346 e. The number of hydrogen-bond donors (Lipinski definition) is 1. The third kappa shape index (κ3) is 3.25. The first kappa shape index (κ1) is 16.1. The first-order valence-corrected chi connectivity index (χ1v) is 8.68. The van der Waals surface area contributed by atoms with Crippen molar-refractivity contribution in [3.8, 4) is 0 Å². The molecule has 0 fully saturated rings. The van der Waals surface area contributed by atoms with Crippen LogP contribution < -0.4 is 5.69 Å². The first-order valence-electron chi connectivity index (χ1n) is 8.68. The summed E-state index contributed by atoms with van der Waals surface area (Å²) in [5.74, 6) is 0.878. The van der Waals surface area contributed by atoms with Gasteiger partial charge in [0.15, 0.2) is 0 Å². The van der Waals surface area contributed by atoms with E-state index in [4.69, 9.17) is 4.74 Å². The van der Waals surface area contributed by atoms with Crippen LogP contribution in [0.2, 0.25) is 0 Å². The van der Waals surface area contributed by atoms with Crippen molar-refractivity contribution in [2.24, 2.45) is 0 Å². The molecular weight excluding hydrogens is 318 g/mol. The highest BCUT2D eigenvalue weighted by molar-refractivity contribution is 5.79. The monoisotopic (exact) mass is 341 g/mol. The molecule has 0 saturated heterocycles. The molecule has 0 aliphatic carbocycles. The number of H-pyrrole nitrogens is 1. The van der Waals surface area contributed by atoms with Gasteiger partial charge in [-0.2, -0.15) is 5.10 Å². The van der Waals surface area contributed by atoms with Gasteiger partial charge in [-0.05, 0) is 23.1 Å². The Labute approximate surface area is 145 Å². The van der Waals surface area contributed by atoms with Crippen molar-refractivity contribution < 1.29 is 4.74 Å². The van der Waals surface area contributed by atoms with Crippen molar-refractivity contribution in [3.05, 3.63) is 52.3 Å². The van der Waals surface area contributed by atoms with Gasteiger partial charge in [-0.25, -0.2) is 9.48 Å². The number of nitrogens with zero attached hydrogens (tertiary/aromatic N) is 4. The van der Waals surface area contributed by atoms with E-state index in [0.717, 1.165) is 31.9 Å². The third-order valence-corrected chi connectivity index (χ3v) is 4.82. The summed E-state index contributed by atoms with van der Waals surface area (Å²) in [6.07, 6.45) is 2.76. The zero-order valence-corrected chi connectivity index (χ0v) is 14.4. The van der Waals surface area contributed by atoms with Crippen LogP contribution in [0.5, 0.6) is 0 Å². The summed E-state index contributed by atoms with van der Waals surface area (Å²) < 4.78 is 8.38. The Balaban J connectivity index is 1.45. The Morgan fingerprint density at radius 2 is 2.16 bits per heavy atom. The molecule has 0 bridgehead atoms. The molecule has 7 heteroatoms. The normalized spacial score (nSPS) is 15.4. The van der Waals surface area contributed by atoms with E-state index in [1.165, 1.54) is 21.1 Å². The molecule has 25 heavy (non-hydrogen) atoms. The molecule has 0 atom stereocenters. The Bertz CT molecular complexity index is 923. The van der Waals surface area contributed by atoms with Gasteiger partial charge in [0.1, 0.15) is 5.82 Å². The predicted molar refractivity (Wildman–Crippen MR) is 95.6 cm³/mol. The molecule has 132 valence electrons. The summed E-state index contributed by atoms with van der Waals surface area (Å²) in [4.78, 5) is 18.1. The molecule has 0 unspecified atom stereocenters. The van der Waals surface area contributed by atoms with Crippen molar-refractivity contribution in [1.29, 1.82) is 0 Å². The minimum atomic E-state index is -0.0262. The number of methoxy groups -OCH3 is 1. The van der Waals surface area contributed by atoms with Gasteiger partial charge >= 0.3 is 5.69 Å². The number of fused-ring (bicyclic) bond motifs is 2. The van der Waals surface area contributed by atoms with Crippen LogP contribution in [0.4, 0.5) is 0 Å². The van der Waals surface area contributed by atoms with Gasteiger partial charge < -0.3 is 9.72 Å². The van der Waals surface area contributed by atoms with Gasteiger partial charge in [-0.3, -0.25) is 9.47 Å². The number of nitrogens with one attached hydrogen (secondary N) is 1. The van der Waals surface area contributed by atoms with Gasteiger partial charge in [0.05, 0.1) is 13.2 Å². The van der Waals surface area contributed by atoms with Crippen LogP contribution in [0.3, 0.4) is 0 Å². The molecule has 0 amide bonds. The van der Waals surface area contributed by atoms with E-state index in [9.17, 15) is 4.79 Å². The van der Waals surface area contributed by atoms with E-state index in [2.05, 4.69) is 39.2 Å². The van der Waals surface area contributed by atoms with E-state index in [1.807, 2.05) is 10.8 Å². The largest absolute Gasteiger partial charge is 0.383 e. The SMILES string of the molecule is COCCn1nc2n(c1=O)CCN(Cc1ccc3cc[nH]c3c1)CC2. The molecular formula is C18H23N5O2. The molecule has 2 aromatic heterocycles. The van der Waals surface area contributed by atoms with E-state index < -0.39 is 0 Å². The quantitative estimate of drug-likeness (QED) is 0.758. The highest BCUT2D eigenvalue weighted by Crippen LogP contribution is 2.16. The highest BCUT2D eigenvalue weighted by Gasteiger charge is 2.19. The summed E-state index contributed by atoms with van der Waals surface area (Å²) in [5, 5.41) is 5.71. The van der Waals surface area contributed by atoms with Crippen molar-refractivity contribution in [3.63, 3.8) is 0 Å². The molecule has 1 aliphatic rings. The fourth-order valence-electron chi connectivity index (χ4n) is 3.44. The van der Waals surface area contributed by atoms with E-state index in [-0.39, 0.29) is 5.69 Å². The summed E-state index contributed by atoms with van der Waals surface area (Å²) in [7, 11) is 1.63. The second-order valence-electron chi connectivity index (χ2n) is 6.49. The Hall–Kier alpha value is -2.38. The fraction of sp³-hybridized carbons (Fsp3) is 0.444. The van der Waals surface area contributed by atoms with Gasteiger partial charge in [0.2, 0.25) is 0 Å². The number of ether oxygens (including phenoxy) is 1. The minimum Gasteiger partial charge on any atom is -0.383 e. The van der Waals surface area contributed by atoms with Crippen LogP contribution in [0.15, 0.2) is 35.3 Å². The molecule has 0 spiro atoms. The van der Waals surface area contributed by atoms with Gasteiger partial charge in [0, 0.05) is 51.4 Å². The summed E-state index contributed by atoms with van der Waals surface area (Å²) in [6, 6.07) is 8.62. The van der Waals surface area contributed by atoms with Crippen LogP contribution in [-0.4, -0.2) is 51.0 Å². The fourth-order valence-corrected chi connectivity index (χ4v) is 3.44. The second kappa shape index (κ2) is 6.85. The number of aromatic nitrogens is 4. The number of benzene rings is 1. The van der Waals surface area contributed by atoms with E-state index in [1.54, 1.807) is 7.11 Å². The molecule has 0 radical (unpaired) electrons. The summed E-state index contributed by atoms with van der Waals surface area (Å²) >= 11 is 0. The lowest BCUT2D eigenvalue weighted by atomic mass is 10.1. The van der Waals surface area contributed by atoms with Crippen molar-refractivity contribution in [1.82, 2.24) is 24.2 Å². The Morgan fingerprint density at radius 1 is 1.24 bits per heavy atom. The van der Waals surface area contributed by atoms with E-state index >= 15 is 0 Å². The lowest BCUT2D eigenvalue weighted by Gasteiger charge is -2.19. The molecule has 3 aromatic rings. The van der Waals surface area contributed by atoms with E-state index in [0.29, 0.717) is 19.7 Å². The summed E-state index contributed by atoms with van der Waals surface area (Å²) in [6.45, 7) is 4.34. The van der Waals surface area contributed by atoms with Crippen LogP contribution in [0.25, 0.3) is 10.9 Å². The molecule has 7 nitrogen and oxygen atoms in total. The zero-order chi connectivity index (χ0) is 17.2. The van der Waals surface area contributed by atoms with Gasteiger partial charge in [-0.1, -0.05) is 12.1 Å². The van der Waals surface area contributed by atoms with Crippen LogP contribution in [-0.2, 0) is 30.8 Å². The molecule has 1 aliphatic heterocycles. The first-order chi connectivity index (χ1) is 12.2. The average Bonchev–Trinajstić information content (AvgIpc) is 3.14. The average molecular weight is 341 g/mol. The molecule has 1 aromatic carbocycles. The molecule has 0 saturated carbocycles. The van der Waals surface area contributed by atoms with Crippen LogP contribution in [0.1, 0.15) is 11.4 Å². The Morgan fingerprint density at radius 3 is 3.04 bits per heavy atom. The lowest BCUT2D eigenvalue weighted by molar-refractivity contribution is 0.181. The molecule has 3 heterocycles.